The van der Waals surface area contributed by atoms with Crippen LogP contribution in [0.5, 0.6) is 5.75 Å². The molecule has 0 fully saturated rings. The quantitative estimate of drug-likeness (QED) is 0.514. The second kappa shape index (κ2) is 9.74. The van der Waals surface area contributed by atoms with Gasteiger partial charge in [0.15, 0.2) is 5.13 Å². The molecule has 1 aromatic carbocycles. The van der Waals surface area contributed by atoms with E-state index in [9.17, 15) is 9.18 Å². The number of hydrogen-bond acceptors (Lipinski definition) is 7. The van der Waals surface area contributed by atoms with Gasteiger partial charge in [0.05, 0.1) is 25.6 Å². The van der Waals surface area contributed by atoms with E-state index in [0.717, 1.165) is 34.2 Å². The Morgan fingerprint density at radius 2 is 1.97 bits per heavy atom. The number of hydrogen-bond donors (Lipinski definition) is 1. The second-order valence-electron chi connectivity index (χ2n) is 7.27. The number of nitrogens with zero attached hydrogens (tertiary/aromatic N) is 3. The Balaban J connectivity index is 1.52. The predicted octanol–water partition coefficient (Wildman–Crippen LogP) is 5.09. The monoisotopic (exact) mass is 464 g/mol. The topological polar surface area (TPSA) is 85.7 Å². The van der Waals surface area contributed by atoms with Crippen LogP contribution in [0.2, 0.25) is 0 Å². The average molecular weight is 465 g/mol. The van der Waals surface area contributed by atoms with Gasteiger partial charge in [-0.05, 0) is 55.3 Å². The maximum atomic E-state index is 13.3. The third-order valence-electron chi connectivity index (χ3n) is 4.87. The fourth-order valence-electron chi connectivity index (χ4n) is 3.37. The summed E-state index contributed by atoms with van der Waals surface area (Å²) < 4.78 is 24.5. The molecule has 0 aliphatic carbocycles. The van der Waals surface area contributed by atoms with Crippen LogP contribution in [0, 0.1) is 19.8 Å². The van der Waals surface area contributed by atoms with Crippen LogP contribution >= 0.6 is 11.3 Å². The van der Waals surface area contributed by atoms with Gasteiger partial charge in [0.25, 0.3) is 5.91 Å². The summed E-state index contributed by atoms with van der Waals surface area (Å²) in [5.41, 5.74) is 3.82. The first-order valence-electron chi connectivity index (χ1n) is 10.1. The van der Waals surface area contributed by atoms with E-state index in [2.05, 4.69) is 20.3 Å². The zero-order valence-electron chi connectivity index (χ0n) is 18.3. The average Bonchev–Trinajstić information content (AvgIpc) is 3.10. The van der Waals surface area contributed by atoms with Gasteiger partial charge in [0, 0.05) is 28.8 Å². The van der Waals surface area contributed by atoms with Crippen molar-refractivity contribution >= 4 is 28.6 Å². The highest BCUT2D eigenvalue weighted by molar-refractivity contribution is 7.14. The van der Waals surface area contributed by atoms with E-state index in [1.807, 2.05) is 43.5 Å². The zero-order chi connectivity index (χ0) is 23.4. The van der Waals surface area contributed by atoms with Gasteiger partial charge in [-0.15, -0.1) is 11.3 Å². The van der Waals surface area contributed by atoms with Crippen molar-refractivity contribution in [2.45, 2.75) is 13.8 Å². The number of ether oxygens (including phenoxy) is 2. The molecule has 1 N–H and O–H groups in total. The molecule has 7 nitrogen and oxygen atoms in total. The summed E-state index contributed by atoms with van der Waals surface area (Å²) in [6.07, 6.45) is 6.57. The largest absolute Gasteiger partial charge is 0.499 e. The number of benzene rings is 1. The molecule has 1 aliphatic rings. The molecule has 168 valence electrons. The standard InChI is InChI=1S/C24H21FN4O3S/c1-14-8-19(32-18-5-4-17(31-3)11-26-12-18)9-15(2)22(14)20-13-33-24(28-20)29-23(30)16-6-7-27-21(25)10-16/h4-10,12-13H,11H2,1-3H3,(H,28,29,30). The van der Waals surface area contributed by atoms with Crippen LogP contribution in [0.25, 0.3) is 11.3 Å². The minimum Gasteiger partial charge on any atom is -0.499 e. The Kier molecular flexibility index (Phi) is 6.60. The molecule has 0 bridgehead atoms. The summed E-state index contributed by atoms with van der Waals surface area (Å²) in [6.45, 7) is 4.42. The van der Waals surface area contributed by atoms with Crippen LogP contribution in [0.4, 0.5) is 9.52 Å². The number of carbonyl (C=O) groups is 1. The molecule has 2 aromatic heterocycles. The molecule has 9 heteroatoms. The van der Waals surface area contributed by atoms with Crippen molar-refractivity contribution in [1.29, 1.82) is 0 Å². The summed E-state index contributed by atoms with van der Waals surface area (Å²) in [5, 5.41) is 5.00. The predicted molar refractivity (Wildman–Crippen MR) is 126 cm³/mol. The van der Waals surface area contributed by atoms with Crippen LogP contribution in [0.3, 0.4) is 0 Å². The third kappa shape index (κ3) is 5.32. The molecule has 4 rings (SSSR count). The summed E-state index contributed by atoms with van der Waals surface area (Å²) in [7, 11) is 1.61. The Hall–Kier alpha value is -3.85. The lowest BCUT2D eigenvalue weighted by molar-refractivity contribution is 0.102. The van der Waals surface area contributed by atoms with Crippen LogP contribution in [0.1, 0.15) is 21.5 Å². The summed E-state index contributed by atoms with van der Waals surface area (Å²) >= 11 is 1.30. The fraction of sp³-hybridized carbons (Fsp3) is 0.167. The number of rotatable bonds is 6. The molecule has 1 amide bonds. The highest BCUT2D eigenvalue weighted by Crippen LogP contribution is 2.33. The van der Waals surface area contributed by atoms with E-state index >= 15 is 0 Å². The second-order valence-corrected chi connectivity index (χ2v) is 8.13. The Bertz CT molecular complexity index is 1270. The van der Waals surface area contributed by atoms with Crippen molar-refractivity contribution in [3.8, 4) is 17.0 Å². The Labute approximate surface area is 194 Å². The Morgan fingerprint density at radius 1 is 1.18 bits per heavy atom. The molecule has 3 heterocycles. The van der Waals surface area contributed by atoms with E-state index in [0.29, 0.717) is 23.2 Å². The van der Waals surface area contributed by atoms with Gasteiger partial charge in [0.1, 0.15) is 17.3 Å². The van der Waals surface area contributed by atoms with E-state index in [4.69, 9.17) is 9.47 Å². The Morgan fingerprint density at radius 3 is 2.70 bits per heavy atom. The molecule has 0 atom stereocenters. The number of methoxy groups -OCH3 is 1. The lowest BCUT2D eigenvalue weighted by Crippen LogP contribution is -2.12. The van der Waals surface area contributed by atoms with Gasteiger partial charge in [0.2, 0.25) is 5.95 Å². The minimum absolute atomic E-state index is 0.178. The molecular formula is C24H21FN4O3S. The number of amides is 1. The van der Waals surface area contributed by atoms with E-state index in [-0.39, 0.29) is 5.56 Å². The first-order valence-corrected chi connectivity index (χ1v) is 10.9. The van der Waals surface area contributed by atoms with Gasteiger partial charge in [-0.25, -0.2) is 9.97 Å². The van der Waals surface area contributed by atoms with Gasteiger partial charge in [-0.3, -0.25) is 15.1 Å². The van der Waals surface area contributed by atoms with Crippen molar-refractivity contribution < 1.29 is 18.7 Å². The van der Waals surface area contributed by atoms with Gasteiger partial charge < -0.3 is 9.47 Å². The highest BCUT2D eigenvalue weighted by Gasteiger charge is 2.15. The van der Waals surface area contributed by atoms with Crippen molar-refractivity contribution in [1.82, 2.24) is 9.97 Å². The number of aryl methyl sites for hydroxylation is 2. The lowest BCUT2D eigenvalue weighted by atomic mass is 10.0. The number of allylic oxidation sites excluding steroid dienone is 3. The summed E-state index contributed by atoms with van der Waals surface area (Å²) in [4.78, 5) is 24.7. The van der Waals surface area contributed by atoms with Crippen molar-refractivity contribution in [3.63, 3.8) is 0 Å². The van der Waals surface area contributed by atoms with Crippen molar-refractivity contribution in [2.75, 3.05) is 19.0 Å². The van der Waals surface area contributed by atoms with Crippen LogP contribution < -0.4 is 10.1 Å². The summed E-state index contributed by atoms with van der Waals surface area (Å²) in [5.74, 6) is 0.896. The fourth-order valence-corrected chi connectivity index (χ4v) is 4.07. The highest BCUT2D eigenvalue weighted by atomic mass is 32.1. The number of pyridine rings is 1. The number of carbonyl (C=O) groups excluding carboxylic acids is 1. The minimum atomic E-state index is -0.711. The number of thiazole rings is 1. The summed E-state index contributed by atoms with van der Waals surface area (Å²) in [6, 6.07) is 6.39. The van der Waals surface area contributed by atoms with Crippen LogP contribution in [-0.4, -0.2) is 35.7 Å². The van der Waals surface area contributed by atoms with Gasteiger partial charge >= 0.3 is 0 Å². The molecule has 1 aliphatic heterocycles. The normalized spacial score (nSPS) is 13.1. The first kappa shape index (κ1) is 22.3. The molecule has 33 heavy (non-hydrogen) atoms. The number of anilines is 1. The maximum Gasteiger partial charge on any atom is 0.257 e. The molecule has 0 radical (unpaired) electrons. The number of halogens is 1. The van der Waals surface area contributed by atoms with Crippen molar-refractivity contribution in [3.05, 3.63) is 82.2 Å². The molecule has 0 saturated carbocycles. The lowest BCUT2D eigenvalue weighted by Gasteiger charge is -2.12. The van der Waals surface area contributed by atoms with Crippen molar-refractivity contribution in [2.24, 2.45) is 4.99 Å². The smallest absolute Gasteiger partial charge is 0.257 e. The molecular weight excluding hydrogens is 443 g/mol. The van der Waals surface area contributed by atoms with E-state index in [1.54, 1.807) is 13.3 Å². The van der Waals surface area contributed by atoms with Crippen LogP contribution in [0.15, 0.2) is 64.5 Å². The molecule has 0 spiro atoms. The number of aromatic nitrogens is 2. The third-order valence-corrected chi connectivity index (χ3v) is 5.63. The van der Waals surface area contributed by atoms with Gasteiger partial charge in [-0.2, -0.15) is 4.39 Å². The maximum absolute atomic E-state index is 13.3. The zero-order valence-corrected chi connectivity index (χ0v) is 19.1. The van der Waals surface area contributed by atoms with E-state index < -0.39 is 11.9 Å². The number of aliphatic imine (C=N–C) groups is 1. The van der Waals surface area contributed by atoms with Gasteiger partial charge in [-0.1, -0.05) is 0 Å². The SMILES string of the molecule is COC1=CC=C(Oc2cc(C)c(-c3csc(NC(=O)c4ccnc(F)c4)n3)c(C)c2)C=NC1. The molecule has 0 unspecified atom stereocenters. The first-order chi connectivity index (χ1) is 15.9. The van der Waals surface area contributed by atoms with Crippen LogP contribution in [-0.2, 0) is 4.74 Å². The number of nitrogens with one attached hydrogen (secondary N) is 1. The van der Waals surface area contributed by atoms with E-state index in [1.165, 1.54) is 23.6 Å². The molecule has 3 aromatic rings. The molecule has 0 saturated heterocycles.